The Kier molecular flexibility index (Phi) is 0.689. The van der Waals surface area contributed by atoms with Crippen LogP contribution in [0.5, 0.6) is 0 Å². The average molecular weight is 188 g/mol. The molecule has 0 radical (unpaired) electrons. The third kappa shape index (κ3) is 0.267. The Labute approximate surface area is 82.0 Å². The first-order valence-electron chi connectivity index (χ1n) is 5.73. The maximum absolute atomic E-state index is 10.6. The lowest BCUT2D eigenvalue weighted by Crippen LogP contribution is -3.09. The van der Waals surface area contributed by atoms with E-state index in [0.29, 0.717) is 10.8 Å². The largest absolute Gasteiger partial charge is 0.303 e. The van der Waals surface area contributed by atoms with Gasteiger partial charge in [0.15, 0.2) is 0 Å². The van der Waals surface area contributed by atoms with Crippen LogP contribution in [0.3, 0.4) is 0 Å². The Morgan fingerprint density at radius 3 is 1.21 bits per heavy atom. The summed E-state index contributed by atoms with van der Waals surface area (Å²) in [5.41, 5.74) is 1.01. The van der Waals surface area contributed by atoms with Crippen molar-refractivity contribution in [3.05, 3.63) is 0 Å². The highest BCUT2D eigenvalue weighted by atomic mass is 16.1. The average Bonchev–Trinajstić information content (AvgIpc) is 2.22. The van der Waals surface area contributed by atoms with Crippen LogP contribution >= 0.6 is 0 Å². The molecular formula is C12H12O2. The minimum Gasteiger partial charge on any atom is -0.303 e. The molecule has 0 aromatic carbocycles. The molecule has 0 spiro atoms. The predicted molar refractivity (Wildman–Crippen MR) is 47.2 cm³/mol. The summed E-state index contributed by atoms with van der Waals surface area (Å²) in [6.07, 6.45) is 3.92. The highest BCUT2D eigenvalue weighted by molar-refractivity contribution is 5.66. The van der Waals surface area contributed by atoms with Gasteiger partial charge in [-0.1, -0.05) is 0 Å². The summed E-state index contributed by atoms with van der Waals surface area (Å²) in [6, 6.07) is 0. The molecule has 72 valence electrons. The van der Waals surface area contributed by atoms with Crippen LogP contribution in [0.25, 0.3) is 0 Å². The standard InChI is InChI=1S/C12H12O2/c13-3-1-11-5-8-6(11)10-7(11)9(5)12(8,10)2-4-14/h3-10H,1-2H2. The number of hydrogen-bond donors (Lipinski definition) is 0. The molecule has 0 heterocycles. The van der Waals surface area contributed by atoms with E-state index in [1.165, 1.54) is 0 Å². The van der Waals surface area contributed by atoms with Gasteiger partial charge in [0.25, 0.3) is 0 Å². The van der Waals surface area contributed by atoms with Gasteiger partial charge in [-0.2, -0.15) is 0 Å². The van der Waals surface area contributed by atoms with Gasteiger partial charge in [-0.05, 0) is 46.3 Å². The Balaban J connectivity index is 1.54. The number of carbonyl (C=O) groups is 2. The van der Waals surface area contributed by atoms with E-state index >= 15 is 0 Å². The second kappa shape index (κ2) is 1.43. The molecule has 2 heteroatoms. The molecule has 0 N–H and O–H groups in total. The summed E-state index contributed by atoms with van der Waals surface area (Å²) in [4.78, 5) is 21.3. The van der Waals surface area contributed by atoms with Gasteiger partial charge in [0.2, 0.25) is 0 Å². The Hall–Kier alpha value is -0.660. The minimum absolute atomic E-state index is 0.506. The van der Waals surface area contributed by atoms with Crippen molar-refractivity contribution in [2.45, 2.75) is 12.8 Å². The van der Waals surface area contributed by atoms with Crippen LogP contribution in [0.2, 0.25) is 0 Å². The third-order valence-electron chi connectivity index (χ3n) is 6.92. The van der Waals surface area contributed by atoms with Crippen molar-refractivity contribution in [1.29, 1.82) is 0 Å². The summed E-state index contributed by atoms with van der Waals surface area (Å²) < 4.78 is 0. The van der Waals surface area contributed by atoms with Gasteiger partial charge >= 0.3 is 0 Å². The normalized spacial score (nSPS) is 76.9. The van der Waals surface area contributed by atoms with E-state index in [1.807, 2.05) is 0 Å². The van der Waals surface area contributed by atoms with Gasteiger partial charge < -0.3 is 9.59 Å². The van der Waals surface area contributed by atoms with E-state index in [-0.39, 0.29) is 0 Å². The molecule has 6 fully saturated rings. The predicted octanol–water partition coefficient (Wildman–Crippen LogP) is 0.902. The van der Waals surface area contributed by atoms with Crippen molar-refractivity contribution in [1.82, 2.24) is 0 Å². The van der Waals surface area contributed by atoms with Crippen molar-refractivity contribution in [2.75, 3.05) is 0 Å². The molecule has 14 heavy (non-hydrogen) atoms. The molecule has 0 unspecified atom stereocenters. The zero-order valence-electron chi connectivity index (χ0n) is 7.85. The number of carbonyl (C=O) groups excluding carboxylic acids is 2. The molecule has 6 aliphatic carbocycles. The lowest BCUT2D eigenvalue weighted by atomic mass is 8.92. The van der Waals surface area contributed by atoms with Crippen LogP contribution in [0, 0.1) is 46.3 Å². The van der Waals surface area contributed by atoms with Crippen LogP contribution in [-0.2, 0) is 9.59 Å². The van der Waals surface area contributed by atoms with Crippen LogP contribution in [-0.4, -0.2) is 12.6 Å². The molecule has 6 saturated carbocycles. The maximum Gasteiger partial charge on any atom is 0.120 e. The molecule has 0 aliphatic heterocycles. The Morgan fingerprint density at radius 2 is 1.00 bits per heavy atom. The minimum atomic E-state index is 0.506. The van der Waals surface area contributed by atoms with Crippen LogP contribution in [0.15, 0.2) is 0 Å². The molecule has 0 saturated heterocycles. The maximum atomic E-state index is 10.6. The fourth-order valence-electron chi connectivity index (χ4n) is 7.08. The van der Waals surface area contributed by atoms with E-state index < -0.39 is 0 Å². The molecule has 0 aromatic rings. The molecular weight excluding hydrogens is 176 g/mol. The van der Waals surface area contributed by atoms with Gasteiger partial charge in [-0.25, -0.2) is 0 Å². The quantitative estimate of drug-likeness (QED) is 0.614. The first-order chi connectivity index (χ1) is 6.85. The van der Waals surface area contributed by atoms with Gasteiger partial charge in [-0.15, -0.1) is 0 Å². The van der Waals surface area contributed by atoms with Gasteiger partial charge in [0.05, 0.1) is 0 Å². The topological polar surface area (TPSA) is 34.1 Å². The van der Waals surface area contributed by atoms with Crippen LogP contribution in [0.1, 0.15) is 12.8 Å². The summed E-state index contributed by atoms with van der Waals surface area (Å²) in [5.74, 6) is 5.29. The Morgan fingerprint density at radius 1 is 0.714 bits per heavy atom. The summed E-state index contributed by atoms with van der Waals surface area (Å²) in [6.45, 7) is 0. The second-order valence-electron chi connectivity index (χ2n) is 6.12. The van der Waals surface area contributed by atoms with Crippen molar-refractivity contribution >= 4 is 12.6 Å². The molecule has 6 rings (SSSR count). The zero-order valence-corrected chi connectivity index (χ0v) is 7.85. The molecule has 0 amide bonds. The van der Waals surface area contributed by atoms with E-state index in [4.69, 9.17) is 0 Å². The lowest BCUT2D eigenvalue weighted by Gasteiger charge is -3.12. The molecule has 0 atom stereocenters. The molecule has 0 aromatic heterocycles. The van der Waals surface area contributed by atoms with Crippen molar-refractivity contribution in [3.63, 3.8) is 0 Å². The summed E-state index contributed by atoms with van der Waals surface area (Å²) >= 11 is 0. The third-order valence-corrected chi connectivity index (χ3v) is 6.92. The van der Waals surface area contributed by atoms with Gasteiger partial charge in [-0.3, -0.25) is 0 Å². The zero-order chi connectivity index (χ0) is 9.29. The SMILES string of the molecule is O=CCC12C3C4C1C1C2C3C41CC=O. The van der Waals surface area contributed by atoms with Crippen molar-refractivity contribution < 1.29 is 9.59 Å². The molecule has 0 bridgehead atoms. The summed E-state index contributed by atoms with van der Waals surface area (Å²) in [5, 5.41) is 0. The number of hydrogen-bond acceptors (Lipinski definition) is 2. The molecule has 2 nitrogen and oxygen atoms in total. The van der Waals surface area contributed by atoms with Crippen LogP contribution in [0.4, 0.5) is 0 Å². The van der Waals surface area contributed by atoms with Crippen molar-refractivity contribution in [2.24, 2.45) is 46.3 Å². The van der Waals surface area contributed by atoms with E-state index in [1.54, 1.807) is 0 Å². The fourth-order valence-corrected chi connectivity index (χ4v) is 7.08. The smallest absolute Gasteiger partial charge is 0.120 e. The van der Waals surface area contributed by atoms with Gasteiger partial charge in [0, 0.05) is 12.8 Å². The first-order valence-corrected chi connectivity index (χ1v) is 5.73. The summed E-state index contributed by atoms with van der Waals surface area (Å²) in [7, 11) is 0. The first kappa shape index (κ1) is 6.76. The van der Waals surface area contributed by atoms with E-state index in [2.05, 4.69) is 0 Å². The number of rotatable bonds is 4. The van der Waals surface area contributed by atoms with Crippen LogP contribution < -0.4 is 0 Å². The van der Waals surface area contributed by atoms with E-state index in [9.17, 15) is 9.59 Å². The van der Waals surface area contributed by atoms with Crippen molar-refractivity contribution in [3.8, 4) is 0 Å². The highest BCUT2D eigenvalue weighted by Gasteiger charge is 3.08. The van der Waals surface area contributed by atoms with E-state index in [0.717, 1.165) is 60.9 Å². The lowest BCUT2D eigenvalue weighted by molar-refractivity contribution is -0.655. The highest BCUT2D eigenvalue weighted by Crippen LogP contribution is 3.11. The Bertz CT molecular complexity index is 306. The number of aldehydes is 2. The monoisotopic (exact) mass is 188 g/mol. The molecule has 6 aliphatic rings. The fraction of sp³-hybridized carbons (Fsp3) is 0.833. The van der Waals surface area contributed by atoms with Gasteiger partial charge in [0.1, 0.15) is 12.6 Å². The second-order valence-corrected chi connectivity index (χ2v) is 6.12.